The van der Waals surface area contributed by atoms with Gasteiger partial charge in [-0.3, -0.25) is 0 Å². The van der Waals surface area contributed by atoms with Crippen molar-refractivity contribution >= 4 is 86.2 Å². The standard InChI is InChI=1S/C44H25N3OS/c1-2-12-26(13-3-1)40-43-41(30-17-7-9-23-38(30)49-43)46-44(45-40)32-19-11-22-37-39(32)31-18-10-21-35(42(31)48-37)47-34-20-8-6-16-29(34)33-24-27-14-4-5-15-28(27)25-36(33)47/h1-25H. The third kappa shape index (κ3) is 3.85. The van der Waals surface area contributed by atoms with Crippen LogP contribution in [0.15, 0.2) is 156 Å². The summed E-state index contributed by atoms with van der Waals surface area (Å²) in [5.41, 5.74) is 8.91. The van der Waals surface area contributed by atoms with Gasteiger partial charge in [0.25, 0.3) is 0 Å². The Morgan fingerprint density at radius 2 is 1.29 bits per heavy atom. The molecular formula is C44H25N3OS. The summed E-state index contributed by atoms with van der Waals surface area (Å²) in [5, 5.41) is 8.08. The number of nitrogens with zero attached hydrogens (tertiary/aromatic N) is 3. The summed E-state index contributed by atoms with van der Waals surface area (Å²) >= 11 is 1.75. The van der Waals surface area contributed by atoms with Crippen molar-refractivity contribution in [2.24, 2.45) is 0 Å². The summed E-state index contributed by atoms with van der Waals surface area (Å²) in [6.07, 6.45) is 0. The van der Waals surface area contributed by atoms with E-state index in [1.54, 1.807) is 11.3 Å². The van der Waals surface area contributed by atoms with E-state index in [1.807, 2.05) is 12.1 Å². The summed E-state index contributed by atoms with van der Waals surface area (Å²) in [6.45, 7) is 0. The van der Waals surface area contributed by atoms with Crippen LogP contribution >= 0.6 is 11.3 Å². The number of benzene rings is 7. The van der Waals surface area contributed by atoms with Gasteiger partial charge in [-0.25, -0.2) is 9.97 Å². The van der Waals surface area contributed by atoms with Crippen molar-refractivity contribution in [2.45, 2.75) is 0 Å². The Bertz CT molecular complexity index is 3110. The van der Waals surface area contributed by atoms with Crippen LogP contribution in [0.25, 0.3) is 103 Å². The summed E-state index contributed by atoms with van der Waals surface area (Å²) in [5.74, 6) is 0.692. The van der Waals surface area contributed by atoms with E-state index < -0.39 is 0 Å². The minimum atomic E-state index is 0.692. The second-order valence-electron chi connectivity index (χ2n) is 12.5. The third-order valence-corrected chi connectivity index (χ3v) is 11.0. The third-order valence-electron chi connectivity index (χ3n) is 9.79. The van der Waals surface area contributed by atoms with Crippen LogP contribution in [0.5, 0.6) is 0 Å². The first-order chi connectivity index (χ1) is 24.3. The van der Waals surface area contributed by atoms with Crippen molar-refractivity contribution < 1.29 is 4.42 Å². The molecule has 4 heterocycles. The van der Waals surface area contributed by atoms with Crippen LogP contribution in [-0.2, 0) is 0 Å². The highest BCUT2D eigenvalue weighted by Crippen LogP contribution is 2.44. The molecule has 0 aliphatic carbocycles. The van der Waals surface area contributed by atoms with E-state index in [9.17, 15) is 0 Å². The molecule has 0 fully saturated rings. The molecule has 0 bridgehead atoms. The van der Waals surface area contributed by atoms with E-state index in [0.717, 1.165) is 71.1 Å². The molecule has 0 amide bonds. The first-order valence-electron chi connectivity index (χ1n) is 16.4. The highest BCUT2D eigenvalue weighted by molar-refractivity contribution is 7.26. The number of thiophene rings is 1. The molecule has 0 spiro atoms. The molecule has 0 saturated heterocycles. The quantitative estimate of drug-likeness (QED) is 0.192. The van der Waals surface area contributed by atoms with Crippen molar-refractivity contribution in [3.05, 3.63) is 152 Å². The molecule has 0 aliphatic heterocycles. The molecule has 0 aliphatic rings. The van der Waals surface area contributed by atoms with Crippen LogP contribution in [-0.4, -0.2) is 14.5 Å². The summed E-state index contributed by atoms with van der Waals surface area (Å²) in [6, 6.07) is 53.5. The second kappa shape index (κ2) is 10.1. The van der Waals surface area contributed by atoms with Gasteiger partial charge in [-0.2, -0.15) is 0 Å². The molecular weight excluding hydrogens is 619 g/mol. The van der Waals surface area contributed by atoms with E-state index in [1.165, 1.54) is 26.2 Å². The van der Waals surface area contributed by atoms with Crippen molar-refractivity contribution in [1.29, 1.82) is 0 Å². The van der Waals surface area contributed by atoms with Gasteiger partial charge < -0.3 is 8.98 Å². The normalized spacial score (nSPS) is 12.1. The zero-order chi connectivity index (χ0) is 32.1. The Labute approximate surface area is 284 Å². The fourth-order valence-corrected chi connectivity index (χ4v) is 8.77. The van der Waals surface area contributed by atoms with Crippen LogP contribution < -0.4 is 0 Å². The monoisotopic (exact) mass is 643 g/mol. The Hall–Kier alpha value is -6.30. The zero-order valence-corrected chi connectivity index (χ0v) is 26.9. The van der Waals surface area contributed by atoms with Crippen LogP contribution in [0.4, 0.5) is 0 Å². The lowest BCUT2D eigenvalue weighted by molar-refractivity contribution is 0.666. The lowest BCUT2D eigenvalue weighted by Crippen LogP contribution is -1.95. The molecule has 7 aromatic carbocycles. The molecule has 11 aromatic rings. The highest BCUT2D eigenvalue weighted by atomic mass is 32.1. The molecule has 0 atom stereocenters. The van der Waals surface area contributed by atoms with Gasteiger partial charge in [0, 0.05) is 42.8 Å². The maximum Gasteiger partial charge on any atom is 0.161 e. The minimum absolute atomic E-state index is 0.692. The van der Waals surface area contributed by atoms with Gasteiger partial charge >= 0.3 is 0 Å². The van der Waals surface area contributed by atoms with Crippen LogP contribution in [0.2, 0.25) is 0 Å². The highest BCUT2D eigenvalue weighted by Gasteiger charge is 2.22. The van der Waals surface area contributed by atoms with E-state index in [2.05, 4.69) is 144 Å². The van der Waals surface area contributed by atoms with E-state index in [0.29, 0.717) is 5.82 Å². The second-order valence-corrected chi connectivity index (χ2v) is 13.6. The van der Waals surface area contributed by atoms with Crippen LogP contribution in [0, 0.1) is 0 Å². The summed E-state index contributed by atoms with van der Waals surface area (Å²) < 4.78 is 11.5. The molecule has 0 radical (unpaired) electrons. The van der Waals surface area contributed by atoms with Gasteiger partial charge in [0.2, 0.25) is 0 Å². The predicted octanol–water partition coefficient (Wildman–Crippen LogP) is 12.3. The number of aromatic nitrogens is 3. The molecule has 49 heavy (non-hydrogen) atoms. The molecule has 5 heteroatoms. The molecule has 11 rings (SSSR count). The lowest BCUT2D eigenvalue weighted by Gasteiger charge is -2.09. The van der Waals surface area contributed by atoms with Crippen molar-refractivity contribution in [3.8, 4) is 28.3 Å². The van der Waals surface area contributed by atoms with Crippen molar-refractivity contribution in [3.63, 3.8) is 0 Å². The molecule has 4 aromatic heterocycles. The summed E-state index contributed by atoms with van der Waals surface area (Å²) in [4.78, 5) is 10.6. The van der Waals surface area contributed by atoms with E-state index >= 15 is 0 Å². The SMILES string of the molecule is c1ccc(-c2nc(-c3cccc4oc5c(-n6c7ccccc7c7cc8ccccc8cc76)cccc5c34)nc3c2sc2ccccc23)cc1. The largest absolute Gasteiger partial charge is 0.454 e. The first-order valence-corrected chi connectivity index (χ1v) is 17.2. The van der Waals surface area contributed by atoms with Crippen LogP contribution in [0.1, 0.15) is 0 Å². The fraction of sp³-hybridized carbons (Fsp3) is 0. The smallest absolute Gasteiger partial charge is 0.161 e. The lowest BCUT2D eigenvalue weighted by atomic mass is 10.0. The van der Waals surface area contributed by atoms with Crippen LogP contribution in [0.3, 0.4) is 0 Å². The summed E-state index contributed by atoms with van der Waals surface area (Å²) in [7, 11) is 0. The number of furan rings is 1. The van der Waals surface area contributed by atoms with Gasteiger partial charge in [0.05, 0.1) is 32.6 Å². The topological polar surface area (TPSA) is 43.9 Å². The zero-order valence-electron chi connectivity index (χ0n) is 26.1. The Kier molecular flexibility index (Phi) is 5.51. The van der Waals surface area contributed by atoms with Gasteiger partial charge in [0.1, 0.15) is 5.58 Å². The minimum Gasteiger partial charge on any atom is -0.454 e. The van der Waals surface area contributed by atoms with Gasteiger partial charge in [0.15, 0.2) is 11.4 Å². The number of rotatable bonds is 3. The number of para-hydroxylation sites is 2. The fourth-order valence-electron chi connectivity index (χ4n) is 7.61. The average Bonchev–Trinajstić information content (AvgIpc) is 3.83. The van der Waals surface area contributed by atoms with Crippen molar-refractivity contribution in [1.82, 2.24) is 14.5 Å². The first kappa shape index (κ1) is 26.7. The van der Waals surface area contributed by atoms with Gasteiger partial charge in [-0.1, -0.05) is 115 Å². The average molecular weight is 644 g/mol. The maximum absolute atomic E-state index is 6.84. The maximum atomic E-state index is 6.84. The van der Waals surface area contributed by atoms with E-state index in [-0.39, 0.29) is 0 Å². The molecule has 228 valence electrons. The number of hydrogen-bond donors (Lipinski definition) is 0. The molecule has 0 saturated carbocycles. The molecule has 0 unspecified atom stereocenters. The number of hydrogen-bond acceptors (Lipinski definition) is 4. The van der Waals surface area contributed by atoms with E-state index in [4.69, 9.17) is 14.4 Å². The number of fused-ring (bicyclic) bond motifs is 10. The Balaban J connectivity index is 1.21. The predicted molar refractivity (Wildman–Crippen MR) is 205 cm³/mol. The Morgan fingerprint density at radius 3 is 2.18 bits per heavy atom. The molecule has 0 N–H and O–H groups in total. The van der Waals surface area contributed by atoms with Crippen molar-refractivity contribution in [2.75, 3.05) is 0 Å². The van der Waals surface area contributed by atoms with Gasteiger partial charge in [-0.05, 0) is 47.2 Å². The Morgan fingerprint density at radius 1 is 0.551 bits per heavy atom. The molecule has 4 nitrogen and oxygen atoms in total. The van der Waals surface area contributed by atoms with Gasteiger partial charge in [-0.15, -0.1) is 11.3 Å².